The van der Waals surface area contributed by atoms with E-state index in [0.717, 1.165) is 19.3 Å². The lowest BCUT2D eigenvalue weighted by molar-refractivity contribution is -0.161. The van der Waals surface area contributed by atoms with Gasteiger partial charge < -0.3 is 24.4 Å². The molecule has 41 heavy (non-hydrogen) atoms. The van der Waals surface area contributed by atoms with Crippen LogP contribution in [0, 0.1) is 11.8 Å². The van der Waals surface area contributed by atoms with Gasteiger partial charge in [0.1, 0.15) is 17.6 Å². The van der Waals surface area contributed by atoms with Crippen LogP contribution >= 0.6 is 11.6 Å². The monoisotopic (exact) mass is 586 g/mol. The fraction of sp³-hybridized carbons (Fsp3) is 0.594. The Balaban J connectivity index is 1.72. The van der Waals surface area contributed by atoms with Gasteiger partial charge in [-0.1, -0.05) is 55.7 Å². The summed E-state index contributed by atoms with van der Waals surface area (Å²) in [5, 5.41) is 9.59. The van der Waals surface area contributed by atoms with Crippen molar-refractivity contribution in [3.05, 3.63) is 54.6 Å². The van der Waals surface area contributed by atoms with Gasteiger partial charge in [0, 0.05) is 19.7 Å². The summed E-state index contributed by atoms with van der Waals surface area (Å²) in [5.41, 5.74) is -1.46. The molecular weight excluding hydrogens is 544 g/mol. The van der Waals surface area contributed by atoms with Crippen LogP contribution < -0.4 is 4.90 Å². The second kappa shape index (κ2) is 13.5. The van der Waals surface area contributed by atoms with Crippen molar-refractivity contribution in [1.82, 2.24) is 4.90 Å². The number of nitrogens with zero attached hydrogens (tertiary/aromatic N) is 2. The van der Waals surface area contributed by atoms with Crippen molar-refractivity contribution >= 4 is 35.1 Å². The first-order chi connectivity index (χ1) is 19.8. The lowest BCUT2D eigenvalue weighted by atomic mass is 9.65. The van der Waals surface area contributed by atoms with Gasteiger partial charge in [-0.3, -0.25) is 14.4 Å². The molecule has 0 aromatic heterocycles. The van der Waals surface area contributed by atoms with E-state index in [0.29, 0.717) is 55.8 Å². The number of aliphatic hydroxyl groups excluding tert-OH is 1. The van der Waals surface area contributed by atoms with Crippen LogP contribution in [0.1, 0.15) is 64.7 Å². The van der Waals surface area contributed by atoms with Crippen molar-refractivity contribution in [2.24, 2.45) is 11.8 Å². The molecule has 3 heterocycles. The number of hydrogen-bond donors (Lipinski definition) is 1. The summed E-state index contributed by atoms with van der Waals surface area (Å²) in [4.78, 5) is 45.7. The normalized spacial score (nSPS) is 28.0. The number of fused-ring (bicyclic) bond motifs is 1. The summed E-state index contributed by atoms with van der Waals surface area (Å²) in [6.45, 7) is 10.5. The number of esters is 1. The van der Waals surface area contributed by atoms with Crippen molar-refractivity contribution < 1.29 is 29.0 Å². The number of benzene rings is 1. The number of rotatable bonds is 16. The van der Waals surface area contributed by atoms with Crippen LogP contribution in [0.2, 0.25) is 5.02 Å². The Labute approximate surface area is 248 Å². The minimum Gasteiger partial charge on any atom is -0.465 e. The van der Waals surface area contributed by atoms with Gasteiger partial charge in [0.15, 0.2) is 0 Å². The van der Waals surface area contributed by atoms with Gasteiger partial charge in [-0.15, -0.1) is 13.2 Å². The number of halogens is 1. The molecule has 0 saturated carbocycles. The molecule has 2 amide bonds. The molecule has 0 radical (unpaired) electrons. The largest absolute Gasteiger partial charge is 0.465 e. The number of anilines is 1. The maximum atomic E-state index is 14.6. The predicted molar refractivity (Wildman–Crippen MR) is 158 cm³/mol. The molecular formula is C32H43ClN2O6. The molecule has 1 spiro atoms. The van der Waals surface area contributed by atoms with Gasteiger partial charge in [0.2, 0.25) is 5.91 Å². The number of carbonyl (C=O) groups is 3. The van der Waals surface area contributed by atoms with Crippen LogP contribution in [0.3, 0.4) is 0 Å². The number of hydrogen-bond acceptors (Lipinski definition) is 6. The van der Waals surface area contributed by atoms with E-state index in [-0.39, 0.29) is 31.6 Å². The number of aliphatic hydroxyl groups is 1. The van der Waals surface area contributed by atoms with Gasteiger partial charge in [-0.05, 0) is 57.1 Å². The number of ether oxygens (including phenoxy) is 2. The van der Waals surface area contributed by atoms with Crippen molar-refractivity contribution in [3.63, 3.8) is 0 Å². The standard InChI is InChI=1S/C32H43ClN2O6/c1-4-7-14-22-40-30(39)26-25-28(37)35(20-12-8-9-13-21-36)27(32(25)18-17-31(26,6-3)41-32)29(38)34(19-5-2)24-16-11-10-15-23(24)33/h4-5,10-11,15-16,25-27,36H,1-2,6-9,12-14,17-22H2,3H3/t25-,26+,27?,31-,32?/m0/s1. The average molecular weight is 587 g/mol. The van der Waals surface area contributed by atoms with Crippen LogP contribution in [0.15, 0.2) is 49.6 Å². The summed E-state index contributed by atoms with van der Waals surface area (Å²) in [6.07, 6.45) is 9.38. The van der Waals surface area contributed by atoms with E-state index in [4.69, 9.17) is 21.1 Å². The highest BCUT2D eigenvalue weighted by molar-refractivity contribution is 6.34. The van der Waals surface area contributed by atoms with Crippen LogP contribution in [0.5, 0.6) is 0 Å². The molecule has 224 valence electrons. The number of amides is 2. The molecule has 8 nitrogen and oxygen atoms in total. The average Bonchev–Trinajstić information content (AvgIpc) is 3.57. The first kappa shape index (κ1) is 31.3. The second-order valence-electron chi connectivity index (χ2n) is 11.3. The lowest BCUT2D eigenvalue weighted by Crippen LogP contribution is -2.56. The van der Waals surface area contributed by atoms with Crippen molar-refractivity contribution in [2.45, 2.75) is 82.0 Å². The Hall–Kier alpha value is -2.68. The minimum atomic E-state index is -1.14. The van der Waals surface area contributed by atoms with Crippen molar-refractivity contribution in [3.8, 4) is 0 Å². The molecule has 0 aliphatic carbocycles. The summed E-state index contributed by atoms with van der Waals surface area (Å²) in [6, 6.07) is 6.20. The molecule has 2 unspecified atom stereocenters. The van der Waals surface area contributed by atoms with Crippen LogP contribution in [-0.2, 0) is 23.9 Å². The van der Waals surface area contributed by atoms with Gasteiger partial charge >= 0.3 is 5.97 Å². The number of carbonyl (C=O) groups excluding carboxylic acids is 3. The summed E-state index contributed by atoms with van der Waals surface area (Å²) < 4.78 is 12.5. The molecule has 1 N–H and O–H groups in total. The van der Waals surface area contributed by atoms with Crippen molar-refractivity contribution in [1.29, 1.82) is 0 Å². The fourth-order valence-electron chi connectivity index (χ4n) is 7.09. The zero-order chi connectivity index (χ0) is 29.6. The number of likely N-dealkylation sites (tertiary alicyclic amines) is 1. The van der Waals surface area contributed by atoms with E-state index in [2.05, 4.69) is 13.2 Å². The zero-order valence-electron chi connectivity index (χ0n) is 24.1. The quantitative estimate of drug-likeness (QED) is 0.165. The smallest absolute Gasteiger partial charge is 0.312 e. The Morgan fingerprint density at radius 2 is 1.93 bits per heavy atom. The number of unbranched alkanes of at least 4 members (excludes halogenated alkanes) is 4. The predicted octanol–water partition coefficient (Wildman–Crippen LogP) is 5.08. The summed E-state index contributed by atoms with van der Waals surface area (Å²) in [7, 11) is 0. The van der Waals surface area contributed by atoms with Gasteiger partial charge in [-0.25, -0.2) is 0 Å². The maximum Gasteiger partial charge on any atom is 0.312 e. The lowest BCUT2D eigenvalue weighted by Gasteiger charge is -2.37. The van der Waals surface area contributed by atoms with Crippen LogP contribution in [0.4, 0.5) is 5.69 Å². The van der Waals surface area contributed by atoms with Gasteiger partial charge in [-0.2, -0.15) is 0 Å². The molecule has 1 aromatic carbocycles. The summed E-state index contributed by atoms with van der Waals surface area (Å²) >= 11 is 6.54. The van der Waals surface area contributed by atoms with Crippen LogP contribution in [-0.4, -0.2) is 71.3 Å². The Kier molecular flexibility index (Phi) is 10.3. The third-order valence-corrected chi connectivity index (χ3v) is 9.31. The highest BCUT2D eigenvalue weighted by Crippen LogP contribution is 2.64. The molecule has 3 fully saturated rings. The SMILES string of the molecule is C=CCCCOC(=O)[C@H]1[C@H]2C(=O)N(CCCCCCO)C(C(=O)N(CC=C)c3ccccc3Cl)C23CC[C@]1(CC)O3. The fourth-order valence-corrected chi connectivity index (χ4v) is 7.33. The Morgan fingerprint density at radius 1 is 1.17 bits per heavy atom. The zero-order valence-corrected chi connectivity index (χ0v) is 24.8. The third-order valence-electron chi connectivity index (χ3n) is 8.99. The minimum absolute atomic E-state index is 0.118. The maximum absolute atomic E-state index is 14.6. The topological polar surface area (TPSA) is 96.4 Å². The highest BCUT2D eigenvalue weighted by atomic mass is 35.5. The van der Waals surface area contributed by atoms with E-state index in [1.54, 1.807) is 40.2 Å². The molecule has 3 aliphatic heterocycles. The van der Waals surface area contributed by atoms with E-state index in [1.807, 2.05) is 13.0 Å². The molecule has 3 aliphatic rings. The Morgan fingerprint density at radius 3 is 2.61 bits per heavy atom. The van der Waals surface area contributed by atoms with Crippen LogP contribution in [0.25, 0.3) is 0 Å². The first-order valence-electron chi connectivity index (χ1n) is 14.9. The molecule has 3 saturated heterocycles. The number of allylic oxidation sites excluding steroid dienone is 1. The van der Waals surface area contributed by atoms with Gasteiger partial charge in [0.25, 0.3) is 5.91 Å². The molecule has 9 heteroatoms. The second-order valence-corrected chi connectivity index (χ2v) is 11.7. The first-order valence-corrected chi connectivity index (χ1v) is 15.3. The van der Waals surface area contributed by atoms with Crippen molar-refractivity contribution in [2.75, 3.05) is 31.2 Å². The molecule has 1 aromatic rings. The third kappa shape index (κ3) is 5.71. The van der Waals surface area contributed by atoms with E-state index in [9.17, 15) is 19.5 Å². The molecule has 5 atom stereocenters. The Bertz CT molecular complexity index is 1140. The molecule has 4 rings (SSSR count). The summed E-state index contributed by atoms with van der Waals surface area (Å²) in [5.74, 6) is -2.53. The van der Waals surface area contributed by atoms with E-state index in [1.165, 1.54) is 0 Å². The number of para-hydroxylation sites is 1. The van der Waals surface area contributed by atoms with Gasteiger partial charge in [0.05, 0.1) is 28.8 Å². The molecule has 2 bridgehead atoms. The highest BCUT2D eigenvalue weighted by Gasteiger charge is 2.79. The van der Waals surface area contributed by atoms with E-state index < -0.39 is 35.0 Å². The van der Waals surface area contributed by atoms with E-state index >= 15 is 0 Å².